The van der Waals surface area contributed by atoms with Crippen LogP contribution in [0.25, 0.3) is 11.3 Å². The normalized spacial score (nSPS) is 13.5. The number of benzene rings is 1. The van der Waals surface area contributed by atoms with Gasteiger partial charge in [0.2, 0.25) is 11.8 Å². The first-order valence-corrected chi connectivity index (χ1v) is 7.70. The standard InChI is InChI=1S/C15H12N4O2S/c20-13-4-2-9-5-10(1-3-11(9)17-13)12-7-22-15(18-12)19-14-6-16-8-21-14/h1,3,5-8H,2,4H2,(H,17,20)(H,18,19). The lowest BCUT2D eigenvalue weighted by atomic mass is 9.99. The number of thiazole rings is 1. The minimum absolute atomic E-state index is 0.0763. The van der Waals surface area contributed by atoms with Crippen molar-refractivity contribution in [2.45, 2.75) is 12.8 Å². The third kappa shape index (κ3) is 2.46. The Kier molecular flexibility index (Phi) is 3.12. The van der Waals surface area contributed by atoms with E-state index in [1.54, 1.807) is 6.20 Å². The number of anilines is 3. The molecule has 1 aliphatic rings. The van der Waals surface area contributed by atoms with Gasteiger partial charge in [-0.05, 0) is 24.1 Å². The van der Waals surface area contributed by atoms with Gasteiger partial charge in [0.25, 0.3) is 0 Å². The zero-order chi connectivity index (χ0) is 14.9. The third-order valence-corrected chi connectivity index (χ3v) is 4.22. The van der Waals surface area contributed by atoms with E-state index in [0.29, 0.717) is 12.3 Å². The Morgan fingerprint density at radius 1 is 1.32 bits per heavy atom. The Balaban J connectivity index is 1.60. The number of nitrogens with zero attached hydrogens (tertiary/aromatic N) is 2. The lowest BCUT2D eigenvalue weighted by Gasteiger charge is -2.17. The van der Waals surface area contributed by atoms with Crippen LogP contribution in [0.3, 0.4) is 0 Å². The molecule has 0 bridgehead atoms. The molecular formula is C15H12N4O2S. The van der Waals surface area contributed by atoms with Crippen LogP contribution in [-0.2, 0) is 11.2 Å². The highest BCUT2D eigenvalue weighted by atomic mass is 32.1. The zero-order valence-electron chi connectivity index (χ0n) is 11.5. The van der Waals surface area contributed by atoms with Gasteiger partial charge in [0.1, 0.15) is 0 Å². The Morgan fingerprint density at radius 3 is 3.14 bits per heavy atom. The van der Waals surface area contributed by atoms with Gasteiger partial charge in [0.05, 0.1) is 11.9 Å². The van der Waals surface area contributed by atoms with E-state index in [4.69, 9.17) is 4.42 Å². The fraction of sp³-hybridized carbons (Fsp3) is 0.133. The largest absolute Gasteiger partial charge is 0.428 e. The van der Waals surface area contributed by atoms with E-state index in [1.165, 1.54) is 17.7 Å². The summed E-state index contributed by atoms with van der Waals surface area (Å²) in [6.45, 7) is 0. The van der Waals surface area contributed by atoms with Crippen molar-refractivity contribution in [2.24, 2.45) is 0 Å². The van der Waals surface area contributed by atoms with E-state index in [0.717, 1.165) is 34.1 Å². The van der Waals surface area contributed by atoms with Gasteiger partial charge in [-0.15, -0.1) is 11.3 Å². The van der Waals surface area contributed by atoms with Crippen LogP contribution in [0.15, 0.2) is 40.6 Å². The summed E-state index contributed by atoms with van der Waals surface area (Å²) in [4.78, 5) is 19.8. The maximum atomic E-state index is 11.4. The highest BCUT2D eigenvalue weighted by Gasteiger charge is 2.16. The molecule has 3 heterocycles. The lowest BCUT2D eigenvalue weighted by molar-refractivity contribution is -0.116. The average molecular weight is 312 g/mol. The Labute approximate surface area is 130 Å². The van der Waals surface area contributed by atoms with Gasteiger partial charge in [-0.3, -0.25) is 4.79 Å². The van der Waals surface area contributed by atoms with Crippen LogP contribution in [-0.4, -0.2) is 15.9 Å². The van der Waals surface area contributed by atoms with Crippen LogP contribution < -0.4 is 10.6 Å². The fourth-order valence-electron chi connectivity index (χ4n) is 2.39. The first-order chi connectivity index (χ1) is 10.8. The number of hydrogen-bond donors (Lipinski definition) is 2. The van der Waals surface area contributed by atoms with E-state index in [9.17, 15) is 4.79 Å². The summed E-state index contributed by atoms with van der Waals surface area (Å²) in [5, 5.41) is 8.68. The minimum Gasteiger partial charge on any atom is -0.428 e. The Bertz CT molecular complexity index is 826. The lowest BCUT2D eigenvalue weighted by Crippen LogP contribution is -2.18. The topological polar surface area (TPSA) is 80.1 Å². The van der Waals surface area contributed by atoms with Gasteiger partial charge in [-0.2, -0.15) is 0 Å². The van der Waals surface area contributed by atoms with Crippen LogP contribution in [0.5, 0.6) is 0 Å². The highest BCUT2D eigenvalue weighted by Crippen LogP contribution is 2.31. The summed E-state index contributed by atoms with van der Waals surface area (Å²) in [5.74, 6) is 0.640. The summed E-state index contributed by atoms with van der Waals surface area (Å²) >= 11 is 1.50. The average Bonchev–Trinajstić information content (AvgIpc) is 3.19. The minimum atomic E-state index is 0.0763. The Hall–Kier alpha value is -2.67. The molecule has 4 rings (SSSR count). The summed E-state index contributed by atoms with van der Waals surface area (Å²) in [5.41, 5.74) is 3.98. The SMILES string of the molecule is O=C1CCc2cc(-c3csc(Nc4cnco4)n3)ccc2N1. The molecule has 0 atom stereocenters. The van der Waals surface area contributed by atoms with Gasteiger partial charge in [-0.25, -0.2) is 9.97 Å². The van der Waals surface area contributed by atoms with Crippen molar-refractivity contribution in [3.8, 4) is 11.3 Å². The summed E-state index contributed by atoms with van der Waals surface area (Å²) in [7, 11) is 0. The van der Waals surface area contributed by atoms with Crippen molar-refractivity contribution in [3.63, 3.8) is 0 Å². The molecule has 0 saturated heterocycles. The second-order valence-corrected chi connectivity index (χ2v) is 5.81. The van der Waals surface area contributed by atoms with Crippen LogP contribution >= 0.6 is 11.3 Å². The first kappa shape index (κ1) is 13.0. The van der Waals surface area contributed by atoms with Crippen LogP contribution in [0.2, 0.25) is 0 Å². The molecule has 1 aliphatic heterocycles. The highest BCUT2D eigenvalue weighted by molar-refractivity contribution is 7.14. The van der Waals surface area contributed by atoms with Gasteiger partial charge < -0.3 is 15.1 Å². The maximum Gasteiger partial charge on any atom is 0.224 e. The van der Waals surface area contributed by atoms with Crippen LogP contribution in [0.1, 0.15) is 12.0 Å². The summed E-state index contributed by atoms with van der Waals surface area (Å²) in [6.07, 6.45) is 4.27. The van der Waals surface area contributed by atoms with E-state index in [-0.39, 0.29) is 5.91 Å². The van der Waals surface area contributed by atoms with Gasteiger partial charge in [0, 0.05) is 23.1 Å². The molecule has 22 heavy (non-hydrogen) atoms. The number of rotatable bonds is 3. The Morgan fingerprint density at radius 2 is 2.27 bits per heavy atom. The molecule has 1 amide bonds. The van der Waals surface area contributed by atoms with Crippen molar-refractivity contribution in [1.29, 1.82) is 0 Å². The first-order valence-electron chi connectivity index (χ1n) is 6.82. The molecule has 0 aliphatic carbocycles. The summed E-state index contributed by atoms with van der Waals surface area (Å²) < 4.78 is 5.14. The summed E-state index contributed by atoms with van der Waals surface area (Å²) in [6, 6.07) is 5.99. The molecule has 0 radical (unpaired) electrons. The van der Waals surface area contributed by atoms with E-state index >= 15 is 0 Å². The number of aryl methyl sites for hydroxylation is 1. The molecule has 0 spiro atoms. The van der Waals surface area contributed by atoms with E-state index in [2.05, 4.69) is 26.7 Å². The monoisotopic (exact) mass is 312 g/mol. The molecule has 3 aromatic rings. The predicted octanol–water partition coefficient (Wildman–Crippen LogP) is 3.43. The molecule has 7 heteroatoms. The quantitative estimate of drug-likeness (QED) is 0.774. The zero-order valence-corrected chi connectivity index (χ0v) is 12.3. The molecule has 0 saturated carbocycles. The number of carbonyl (C=O) groups excluding carboxylic acids is 1. The van der Waals surface area contributed by atoms with Gasteiger partial charge in [0.15, 0.2) is 11.5 Å². The number of hydrogen-bond acceptors (Lipinski definition) is 6. The smallest absolute Gasteiger partial charge is 0.224 e. The molecule has 2 N–H and O–H groups in total. The second-order valence-electron chi connectivity index (χ2n) is 4.95. The number of nitrogens with one attached hydrogen (secondary N) is 2. The van der Waals surface area contributed by atoms with Gasteiger partial charge in [-0.1, -0.05) is 6.07 Å². The second kappa shape index (κ2) is 5.27. The molecular weight excluding hydrogens is 300 g/mol. The fourth-order valence-corrected chi connectivity index (χ4v) is 3.11. The number of carbonyl (C=O) groups is 1. The molecule has 1 aromatic carbocycles. The van der Waals surface area contributed by atoms with Crippen LogP contribution in [0, 0.1) is 0 Å². The van der Waals surface area contributed by atoms with Crippen molar-refractivity contribution in [3.05, 3.63) is 41.7 Å². The van der Waals surface area contributed by atoms with Gasteiger partial charge >= 0.3 is 0 Å². The number of fused-ring (bicyclic) bond motifs is 1. The number of aromatic nitrogens is 2. The maximum absolute atomic E-state index is 11.4. The molecule has 2 aromatic heterocycles. The molecule has 0 fully saturated rings. The van der Waals surface area contributed by atoms with E-state index in [1.807, 2.05) is 17.5 Å². The molecule has 110 valence electrons. The molecule has 0 unspecified atom stereocenters. The number of amides is 1. The molecule has 6 nitrogen and oxygen atoms in total. The third-order valence-electron chi connectivity index (χ3n) is 3.46. The van der Waals surface area contributed by atoms with Crippen molar-refractivity contribution in [1.82, 2.24) is 9.97 Å². The number of oxazole rings is 1. The van der Waals surface area contributed by atoms with Crippen molar-refractivity contribution < 1.29 is 9.21 Å². The van der Waals surface area contributed by atoms with Crippen molar-refractivity contribution >= 4 is 33.9 Å². The predicted molar refractivity (Wildman–Crippen MR) is 84.3 cm³/mol. The van der Waals surface area contributed by atoms with Crippen molar-refractivity contribution in [2.75, 3.05) is 10.6 Å². The van der Waals surface area contributed by atoms with Crippen LogP contribution in [0.4, 0.5) is 16.7 Å². The van der Waals surface area contributed by atoms with E-state index < -0.39 is 0 Å².